The molecule has 5 nitrogen and oxygen atoms in total. The van der Waals surface area contributed by atoms with Crippen molar-refractivity contribution in [2.75, 3.05) is 18.8 Å². The second-order valence-corrected chi connectivity index (χ2v) is 4.20. The van der Waals surface area contributed by atoms with Crippen LogP contribution in [0.3, 0.4) is 0 Å². The fraction of sp³-hybridized carbons (Fsp3) is 0.750. The summed E-state index contributed by atoms with van der Waals surface area (Å²) in [6, 6.07) is -0.409. The van der Waals surface area contributed by atoms with E-state index in [0.29, 0.717) is 25.3 Å². The highest BCUT2D eigenvalue weighted by Crippen LogP contribution is 2.21. The first kappa shape index (κ1) is 11.3. The standard InChI is InChI=1S/C8H15N3O2S/c9-3-5-14-8(13)11-4-1-2-6(11)7(10)12/h6H,1-5,9H2,(H2,10,12)/t6-/m0/s1. The minimum absolute atomic E-state index is 0.0863. The number of thioether (sulfide) groups is 1. The summed E-state index contributed by atoms with van der Waals surface area (Å²) in [4.78, 5) is 24.1. The maximum absolute atomic E-state index is 11.5. The molecule has 1 aliphatic rings. The van der Waals surface area contributed by atoms with Gasteiger partial charge in [0.2, 0.25) is 5.91 Å². The van der Waals surface area contributed by atoms with Crippen molar-refractivity contribution in [2.45, 2.75) is 18.9 Å². The lowest BCUT2D eigenvalue weighted by Crippen LogP contribution is -2.42. The monoisotopic (exact) mass is 217 g/mol. The Morgan fingerprint density at radius 1 is 1.50 bits per heavy atom. The number of hydrogen-bond donors (Lipinski definition) is 2. The summed E-state index contributed by atoms with van der Waals surface area (Å²) in [5.41, 5.74) is 10.5. The number of amides is 2. The van der Waals surface area contributed by atoms with Gasteiger partial charge in [-0.15, -0.1) is 0 Å². The normalized spacial score (nSPS) is 21.2. The first-order chi connectivity index (χ1) is 6.66. The molecule has 0 radical (unpaired) electrons. The molecule has 0 aliphatic carbocycles. The van der Waals surface area contributed by atoms with Crippen LogP contribution in [0, 0.1) is 0 Å². The Morgan fingerprint density at radius 2 is 2.21 bits per heavy atom. The van der Waals surface area contributed by atoms with Crippen LogP contribution in [0.1, 0.15) is 12.8 Å². The largest absolute Gasteiger partial charge is 0.368 e. The highest BCUT2D eigenvalue weighted by Gasteiger charge is 2.32. The Kier molecular flexibility index (Phi) is 4.21. The molecular weight excluding hydrogens is 202 g/mol. The molecule has 6 heteroatoms. The van der Waals surface area contributed by atoms with Gasteiger partial charge in [-0.1, -0.05) is 11.8 Å². The molecule has 0 aromatic carbocycles. The van der Waals surface area contributed by atoms with Crippen LogP contribution in [0.4, 0.5) is 4.79 Å². The fourth-order valence-electron chi connectivity index (χ4n) is 1.51. The molecule has 1 saturated heterocycles. The van der Waals surface area contributed by atoms with Crippen molar-refractivity contribution in [2.24, 2.45) is 11.5 Å². The van der Waals surface area contributed by atoms with E-state index in [1.165, 1.54) is 0 Å². The van der Waals surface area contributed by atoms with Crippen molar-refractivity contribution in [3.05, 3.63) is 0 Å². The maximum Gasteiger partial charge on any atom is 0.282 e. The van der Waals surface area contributed by atoms with Gasteiger partial charge < -0.3 is 16.4 Å². The van der Waals surface area contributed by atoms with E-state index in [1.54, 1.807) is 4.90 Å². The number of rotatable bonds is 3. The van der Waals surface area contributed by atoms with Gasteiger partial charge in [0, 0.05) is 18.8 Å². The van der Waals surface area contributed by atoms with Crippen molar-refractivity contribution in [3.8, 4) is 0 Å². The Morgan fingerprint density at radius 3 is 2.79 bits per heavy atom. The average Bonchev–Trinajstić information content (AvgIpc) is 2.62. The summed E-state index contributed by atoms with van der Waals surface area (Å²) in [7, 11) is 0. The highest BCUT2D eigenvalue weighted by molar-refractivity contribution is 8.13. The van der Waals surface area contributed by atoms with Gasteiger partial charge in [-0.05, 0) is 12.8 Å². The third kappa shape index (κ3) is 2.62. The number of nitrogens with two attached hydrogens (primary N) is 2. The molecule has 1 aliphatic heterocycles. The van der Waals surface area contributed by atoms with E-state index < -0.39 is 11.9 Å². The topological polar surface area (TPSA) is 89.4 Å². The summed E-state index contributed by atoms with van der Waals surface area (Å²) in [6.45, 7) is 1.09. The molecule has 0 bridgehead atoms. The second kappa shape index (κ2) is 5.21. The number of carbonyl (C=O) groups is 2. The maximum atomic E-state index is 11.5. The molecule has 4 N–H and O–H groups in total. The van der Waals surface area contributed by atoms with Crippen LogP contribution in [-0.4, -0.2) is 40.9 Å². The quantitative estimate of drug-likeness (QED) is 0.682. The van der Waals surface area contributed by atoms with Gasteiger partial charge in [-0.3, -0.25) is 9.59 Å². The van der Waals surface area contributed by atoms with Crippen molar-refractivity contribution in [3.63, 3.8) is 0 Å². The Bertz CT molecular complexity index is 235. The summed E-state index contributed by atoms with van der Waals surface area (Å²) in [6.07, 6.45) is 1.53. The van der Waals surface area contributed by atoms with Gasteiger partial charge in [-0.2, -0.15) is 0 Å². The lowest BCUT2D eigenvalue weighted by Gasteiger charge is -2.21. The summed E-state index contributed by atoms with van der Waals surface area (Å²) < 4.78 is 0. The minimum atomic E-state index is -0.413. The zero-order valence-electron chi connectivity index (χ0n) is 7.94. The van der Waals surface area contributed by atoms with Crippen LogP contribution in [0.15, 0.2) is 0 Å². The van der Waals surface area contributed by atoms with Gasteiger partial charge in [0.05, 0.1) is 0 Å². The van der Waals surface area contributed by atoms with Crippen LogP contribution < -0.4 is 11.5 Å². The predicted octanol–water partition coefficient (Wildman–Crippen LogP) is -0.252. The molecule has 14 heavy (non-hydrogen) atoms. The average molecular weight is 217 g/mol. The molecule has 2 amide bonds. The summed E-state index contributed by atoms with van der Waals surface area (Å²) >= 11 is 1.15. The van der Waals surface area contributed by atoms with E-state index >= 15 is 0 Å². The molecule has 80 valence electrons. The summed E-state index contributed by atoms with van der Waals surface area (Å²) in [5.74, 6) is 0.171. The van der Waals surface area contributed by atoms with Crippen molar-refractivity contribution >= 4 is 22.9 Å². The molecule has 0 saturated carbocycles. The van der Waals surface area contributed by atoms with Crippen LogP contribution in [0.25, 0.3) is 0 Å². The fourth-order valence-corrected chi connectivity index (χ4v) is 2.19. The highest BCUT2D eigenvalue weighted by atomic mass is 32.2. The number of hydrogen-bond acceptors (Lipinski definition) is 4. The van der Waals surface area contributed by atoms with Crippen molar-refractivity contribution in [1.82, 2.24) is 4.90 Å². The van der Waals surface area contributed by atoms with Gasteiger partial charge in [0.15, 0.2) is 0 Å². The van der Waals surface area contributed by atoms with Crippen LogP contribution >= 0.6 is 11.8 Å². The van der Waals surface area contributed by atoms with E-state index in [1.807, 2.05) is 0 Å². The molecule has 0 aromatic heterocycles. The van der Waals surface area contributed by atoms with Crippen molar-refractivity contribution < 1.29 is 9.59 Å². The Labute approximate surface area is 87.2 Å². The number of likely N-dealkylation sites (tertiary alicyclic amines) is 1. The lowest BCUT2D eigenvalue weighted by molar-refractivity contribution is -0.121. The smallest absolute Gasteiger partial charge is 0.282 e. The molecule has 1 fully saturated rings. The van der Waals surface area contributed by atoms with Gasteiger partial charge in [-0.25, -0.2) is 0 Å². The van der Waals surface area contributed by atoms with Crippen molar-refractivity contribution in [1.29, 1.82) is 0 Å². The van der Waals surface area contributed by atoms with Gasteiger partial charge in [0.1, 0.15) is 6.04 Å². The van der Waals surface area contributed by atoms with Gasteiger partial charge >= 0.3 is 0 Å². The first-order valence-corrected chi connectivity index (χ1v) is 5.58. The molecule has 1 atom stereocenters. The molecule has 1 heterocycles. The SMILES string of the molecule is NCCSC(=O)N1CCC[C@H]1C(N)=O. The third-order valence-corrected chi connectivity index (χ3v) is 3.08. The first-order valence-electron chi connectivity index (χ1n) is 4.59. The summed E-state index contributed by atoms with van der Waals surface area (Å²) in [5, 5.41) is -0.0863. The van der Waals surface area contributed by atoms with Crippen LogP contribution in [0.5, 0.6) is 0 Å². The Hall–Kier alpha value is -0.750. The van der Waals surface area contributed by atoms with Crippen LogP contribution in [0.2, 0.25) is 0 Å². The second-order valence-electron chi connectivity index (χ2n) is 3.16. The molecular formula is C8H15N3O2S. The number of primary amides is 1. The zero-order valence-corrected chi connectivity index (χ0v) is 8.76. The lowest BCUT2D eigenvalue weighted by atomic mass is 10.2. The molecule has 0 unspecified atom stereocenters. The number of carbonyl (C=O) groups excluding carboxylic acids is 2. The van der Waals surface area contributed by atoms with E-state index in [-0.39, 0.29) is 5.24 Å². The molecule has 0 spiro atoms. The molecule has 1 rings (SSSR count). The van der Waals surface area contributed by atoms with Crippen LogP contribution in [-0.2, 0) is 4.79 Å². The minimum Gasteiger partial charge on any atom is -0.368 e. The third-order valence-electron chi connectivity index (χ3n) is 2.16. The zero-order chi connectivity index (χ0) is 10.6. The van der Waals surface area contributed by atoms with E-state index in [9.17, 15) is 9.59 Å². The van der Waals surface area contributed by atoms with E-state index in [0.717, 1.165) is 18.2 Å². The molecule has 0 aromatic rings. The number of nitrogens with zero attached hydrogens (tertiary/aromatic N) is 1. The van der Waals surface area contributed by atoms with E-state index in [4.69, 9.17) is 11.5 Å². The van der Waals surface area contributed by atoms with E-state index in [2.05, 4.69) is 0 Å². The Balaban J connectivity index is 2.49. The van der Waals surface area contributed by atoms with Gasteiger partial charge in [0.25, 0.3) is 5.24 Å². The predicted molar refractivity (Wildman–Crippen MR) is 55.8 cm³/mol.